The number of carbonyl (C=O) groups is 2. The zero-order chi connectivity index (χ0) is 18.7. The number of esters is 1. The summed E-state index contributed by atoms with van der Waals surface area (Å²) >= 11 is 3.04. The van der Waals surface area contributed by atoms with Gasteiger partial charge in [0, 0.05) is 12.7 Å². The Bertz CT molecular complexity index is 803. The van der Waals surface area contributed by atoms with Gasteiger partial charge in [-0.2, -0.15) is 10.2 Å². The number of hydrogen-bond acceptors (Lipinski definition) is 5. The molecule has 0 aromatic carbocycles. The number of halogens is 3. The van der Waals surface area contributed by atoms with Crippen LogP contribution in [-0.2, 0) is 22.6 Å². The fourth-order valence-electron chi connectivity index (χ4n) is 2.09. The fourth-order valence-corrected chi connectivity index (χ4v) is 2.55. The maximum Gasteiger partial charge on any atom is 0.360 e. The lowest BCUT2D eigenvalue weighted by atomic mass is 10.3. The van der Waals surface area contributed by atoms with Crippen LogP contribution in [0.1, 0.15) is 35.2 Å². The van der Waals surface area contributed by atoms with Gasteiger partial charge in [0.05, 0.1) is 23.0 Å². The van der Waals surface area contributed by atoms with Crippen LogP contribution in [0.25, 0.3) is 0 Å². The van der Waals surface area contributed by atoms with Crippen molar-refractivity contribution in [2.75, 3.05) is 12.4 Å². The molecule has 0 aliphatic carbocycles. The van der Waals surface area contributed by atoms with E-state index in [0.29, 0.717) is 12.2 Å². The second-order valence-corrected chi connectivity index (χ2v) is 5.82. The van der Waals surface area contributed by atoms with Crippen molar-refractivity contribution in [2.45, 2.75) is 33.4 Å². The zero-order valence-corrected chi connectivity index (χ0v) is 15.3. The van der Waals surface area contributed by atoms with Gasteiger partial charge in [-0.3, -0.25) is 14.2 Å². The Labute approximate surface area is 150 Å². The molecule has 2 rings (SSSR count). The van der Waals surface area contributed by atoms with Crippen molar-refractivity contribution >= 4 is 33.5 Å². The number of amides is 1. The van der Waals surface area contributed by atoms with Gasteiger partial charge >= 0.3 is 5.97 Å². The van der Waals surface area contributed by atoms with E-state index in [4.69, 9.17) is 0 Å². The second-order valence-electron chi connectivity index (χ2n) is 5.03. The molecular formula is C14H16BrF2N5O3. The highest BCUT2D eigenvalue weighted by Gasteiger charge is 2.23. The largest absolute Gasteiger partial charge is 0.464 e. The maximum atomic E-state index is 12.9. The Morgan fingerprint density at radius 2 is 2.08 bits per heavy atom. The number of carbonyl (C=O) groups excluding carboxylic acids is 2. The number of alkyl halides is 2. The average Bonchev–Trinajstić information content (AvgIpc) is 3.10. The minimum absolute atomic E-state index is 0.0377. The summed E-state index contributed by atoms with van der Waals surface area (Å²) in [5, 5.41) is 10.3. The van der Waals surface area contributed by atoms with Crippen molar-refractivity contribution in [1.29, 1.82) is 0 Å². The van der Waals surface area contributed by atoms with Crippen LogP contribution in [0.4, 0.5) is 14.5 Å². The molecule has 1 amide bonds. The molecule has 2 heterocycles. The average molecular weight is 420 g/mol. The molecule has 136 valence electrons. The molecule has 0 aliphatic rings. The zero-order valence-electron chi connectivity index (χ0n) is 13.7. The van der Waals surface area contributed by atoms with E-state index in [1.165, 1.54) is 18.0 Å². The van der Waals surface area contributed by atoms with Crippen LogP contribution >= 0.6 is 15.9 Å². The van der Waals surface area contributed by atoms with Gasteiger partial charge in [0.1, 0.15) is 12.2 Å². The third kappa shape index (κ3) is 4.03. The molecule has 1 N–H and O–H groups in total. The summed E-state index contributed by atoms with van der Waals surface area (Å²) in [6.07, 6.45) is -1.27. The summed E-state index contributed by atoms with van der Waals surface area (Å²) in [7, 11) is 1.20. The quantitative estimate of drug-likeness (QED) is 0.726. The van der Waals surface area contributed by atoms with E-state index in [-0.39, 0.29) is 22.4 Å². The minimum Gasteiger partial charge on any atom is -0.464 e. The highest BCUT2D eigenvalue weighted by molar-refractivity contribution is 9.10. The van der Waals surface area contributed by atoms with Crippen LogP contribution in [0, 0.1) is 6.92 Å². The van der Waals surface area contributed by atoms with Crippen molar-refractivity contribution in [3.05, 3.63) is 27.8 Å². The maximum absolute atomic E-state index is 12.9. The fraction of sp³-hybridized carbons (Fsp3) is 0.429. The summed E-state index contributed by atoms with van der Waals surface area (Å²) in [4.78, 5) is 23.9. The van der Waals surface area contributed by atoms with Crippen molar-refractivity contribution in [3.8, 4) is 0 Å². The number of hydrogen-bond donors (Lipinski definition) is 1. The molecule has 8 nitrogen and oxygen atoms in total. The van der Waals surface area contributed by atoms with Crippen molar-refractivity contribution in [3.63, 3.8) is 0 Å². The SMILES string of the molecule is CCn1cc(NC(=O)Cn2nc(C(F)F)c(Br)c2C)c(C(=O)OC)n1. The molecule has 0 saturated heterocycles. The first-order chi connectivity index (χ1) is 11.8. The molecule has 0 atom stereocenters. The number of nitrogens with one attached hydrogen (secondary N) is 1. The Balaban J connectivity index is 2.20. The molecule has 0 radical (unpaired) electrons. The van der Waals surface area contributed by atoms with E-state index >= 15 is 0 Å². The van der Waals surface area contributed by atoms with E-state index in [1.807, 2.05) is 6.92 Å². The molecule has 0 saturated carbocycles. The second kappa shape index (κ2) is 7.72. The summed E-state index contributed by atoms with van der Waals surface area (Å²) in [6.45, 7) is 3.57. The normalized spacial score (nSPS) is 11.0. The van der Waals surface area contributed by atoms with E-state index in [2.05, 4.69) is 36.2 Å². The topological polar surface area (TPSA) is 91.0 Å². The number of methoxy groups -OCH3 is 1. The number of nitrogens with zero attached hydrogens (tertiary/aromatic N) is 4. The number of aryl methyl sites for hydroxylation is 1. The lowest BCUT2D eigenvalue weighted by molar-refractivity contribution is -0.117. The third-order valence-corrected chi connectivity index (χ3v) is 4.38. The number of anilines is 1. The first kappa shape index (κ1) is 19.0. The molecule has 0 bridgehead atoms. The summed E-state index contributed by atoms with van der Waals surface area (Å²) in [6, 6.07) is 0. The van der Waals surface area contributed by atoms with Crippen molar-refractivity contribution < 1.29 is 23.1 Å². The molecular weight excluding hydrogens is 404 g/mol. The first-order valence-electron chi connectivity index (χ1n) is 7.25. The number of rotatable bonds is 6. The molecule has 0 fully saturated rings. The van der Waals surface area contributed by atoms with Crippen LogP contribution in [0.5, 0.6) is 0 Å². The molecule has 2 aromatic rings. The number of ether oxygens (including phenoxy) is 1. The first-order valence-corrected chi connectivity index (χ1v) is 8.04. The molecule has 11 heteroatoms. The Morgan fingerprint density at radius 3 is 2.60 bits per heavy atom. The van der Waals surface area contributed by atoms with Crippen molar-refractivity contribution in [1.82, 2.24) is 19.6 Å². The van der Waals surface area contributed by atoms with Gasteiger partial charge in [-0.1, -0.05) is 0 Å². The van der Waals surface area contributed by atoms with Crippen LogP contribution in [0.3, 0.4) is 0 Å². The van der Waals surface area contributed by atoms with Crippen LogP contribution in [-0.4, -0.2) is 38.5 Å². The van der Waals surface area contributed by atoms with Crippen LogP contribution in [0.2, 0.25) is 0 Å². The summed E-state index contributed by atoms with van der Waals surface area (Å²) in [5.74, 6) is -1.24. The predicted octanol–water partition coefficient (Wildman–Crippen LogP) is 2.53. The van der Waals surface area contributed by atoms with E-state index in [0.717, 1.165) is 4.68 Å². The molecule has 0 unspecified atom stereocenters. The lowest BCUT2D eigenvalue weighted by Gasteiger charge is -2.06. The predicted molar refractivity (Wildman–Crippen MR) is 87.5 cm³/mol. The Kier molecular flexibility index (Phi) is 5.88. The summed E-state index contributed by atoms with van der Waals surface area (Å²) in [5.41, 5.74) is 0.100. The highest BCUT2D eigenvalue weighted by Crippen LogP contribution is 2.29. The standard InChI is InChI=1S/C14H16BrF2N5O3/c1-4-21-5-8(11(19-21)14(24)25-3)18-9(23)6-22-7(2)10(15)12(20-22)13(16)17/h5,13H,4,6H2,1-3H3,(H,18,23). The molecule has 25 heavy (non-hydrogen) atoms. The third-order valence-electron chi connectivity index (χ3n) is 3.40. The minimum atomic E-state index is -2.76. The van der Waals surface area contributed by atoms with Crippen molar-refractivity contribution in [2.24, 2.45) is 0 Å². The molecule has 2 aromatic heterocycles. The van der Waals surface area contributed by atoms with Gasteiger partial charge in [-0.05, 0) is 29.8 Å². The lowest BCUT2D eigenvalue weighted by Crippen LogP contribution is -2.21. The Morgan fingerprint density at radius 1 is 1.40 bits per heavy atom. The van der Waals surface area contributed by atoms with Gasteiger partial charge in [0.15, 0.2) is 5.69 Å². The Hall–Kier alpha value is -2.30. The number of aromatic nitrogens is 4. The van der Waals surface area contributed by atoms with Crippen LogP contribution < -0.4 is 5.32 Å². The van der Waals surface area contributed by atoms with E-state index in [1.54, 1.807) is 6.92 Å². The van der Waals surface area contributed by atoms with Gasteiger partial charge in [0.2, 0.25) is 5.91 Å². The summed E-state index contributed by atoms with van der Waals surface area (Å²) < 4.78 is 33.1. The smallest absolute Gasteiger partial charge is 0.360 e. The van der Waals surface area contributed by atoms with Gasteiger partial charge < -0.3 is 10.1 Å². The van der Waals surface area contributed by atoms with Crippen LogP contribution in [0.15, 0.2) is 10.7 Å². The van der Waals surface area contributed by atoms with Gasteiger partial charge in [0.25, 0.3) is 6.43 Å². The van der Waals surface area contributed by atoms with E-state index < -0.39 is 24.0 Å². The van der Waals surface area contributed by atoms with E-state index in [9.17, 15) is 18.4 Å². The van der Waals surface area contributed by atoms with Gasteiger partial charge in [-0.15, -0.1) is 0 Å². The highest BCUT2D eigenvalue weighted by atomic mass is 79.9. The molecule has 0 aliphatic heterocycles. The molecule has 0 spiro atoms. The monoisotopic (exact) mass is 419 g/mol. The van der Waals surface area contributed by atoms with Gasteiger partial charge in [-0.25, -0.2) is 13.6 Å².